The lowest BCUT2D eigenvalue weighted by molar-refractivity contribution is -0.150. The van der Waals surface area contributed by atoms with E-state index in [2.05, 4.69) is 10.6 Å². The van der Waals surface area contributed by atoms with Crippen molar-refractivity contribution in [2.24, 2.45) is 5.73 Å². The lowest BCUT2D eigenvalue weighted by Crippen LogP contribution is -2.60. The minimum absolute atomic E-state index is 0.107. The molecule has 1 aromatic rings. The van der Waals surface area contributed by atoms with Gasteiger partial charge in [-0.3, -0.25) is 14.4 Å². The number of benzene rings is 1. The van der Waals surface area contributed by atoms with Crippen LogP contribution in [0, 0.1) is 13.8 Å². The number of aryl methyl sites for hydroxylation is 2. The van der Waals surface area contributed by atoms with E-state index in [-0.39, 0.29) is 11.9 Å². The van der Waals surface area contributed by atoms with Gasteiger partial charge in [-0.05, 0) is 84.9 Å². The van der Waals surface area contributed by atoms with Crippen molar-refractivity contribution in [2.45, 2.75) is 124 Å². The highest BCUT2D eigenvalue weighted by Crippen LogP contribution is 2.33. The summed E-state index contributed by atoms with van der Waals surface area (Å²) in [7, 11) is 0. The van der Waals surface area contributed by atoms with Crippen molar-refractivity contribution >= 4 is 23.8 Å². The van der Waals surface area contributed by atoms with Crippen molar-refractivity contribution in [3.05, 3.63) is 34.9 Å². The minimum Gasteiger partial charge on any atom is -0.444 e. The van der Waals surface area contributed by atoms with Crippen LogP contribution in [0.15, 0.2) is 18.2 Å². The van der Waals surface area contributed by atoms with Crippen molar-refractivity contribution in [3.63, 3.8) is 0 Å². The van der Waals surface area contributed by atoms with Crippen molar-refractivity contribution in [2.75, 3.05) is 0 Å². The van der Waals surface area contributed by atoms with Crippen LogP contribution in [0.4, 0.5) is 4.79 Å². The number of primary amides is 1. The molecule has 0 aliphatic carbocycles. The van der Waals surface area contributed by atoms with E-state index in [1.54, 1.807) is 20.8 Å². The molecule has 1 aromatic carbocycles. The zero-order valence-electron chi connectivity index (χ0n) is 24.9. The maximum absolute atomic E-state index is 14.2. The van der Waals surface area contributed by atoms with Gasteiger partial charge in [-0.15, -0.1) is 0 Å². The Morgan fingerprint density at radius 2 is 1.61 bits per heavy atom. The zero-order valence-corrected chi connectivity index (χ0v) is 24.9. The smallest absolute Gasteiger partial charge is 0.408 e. The average molecular weight is 533 g/mol. The Bertz CT molecular complexity index is 999. The van der Waals surface area contributed by atoms with E-state index in [0.717, 1.165) is 24.0 Å². The number of nitrogens with zero attached hydrogens (tertiary/aromatic N) is 1. The molecule has 4 amide bonds. The topological polar surface area (TPSA) is 131 Å². The molecule has 1 rings (SSSR count). The Morgan fingerprint density at radius 3 is 2.08 bits per heavy atom. The number of carbonyl (C=O) groups excluding carboxylic acids is 4. The summed E-state index contributed by atoms with van der Waals surface area (Å²) in [6.45, 7) is 18.6. The predicted molar refractivity (Wildman–Crippen MR) is 149 cm³/mol. The van der Waals surface area contributed by atoms with Gasteiger partial charge >= 0.3 is 6.09 Å². The third-order valence-corrected chi connectivity index (χ3v) is 6.61. The molecule has 214 valence electrons. The second-order valence-electron chi connectivity index (χ2n) is 11.7. The molecular weight excluding hydrogens is 484 g/mol. The minimum atomic E-state index is -1.32. The van der Waals surface area contributed by atoms with Gasteiger partial charge in [-0.2, -0.15) is 0 Å². The van der Waals surface area contributed by atoms with Crippen LogP contribution in [0.25, 0.3) is 0 Å². The number of amides is 4. The number of alkyl carbamates (subject to hydrolysis) is 1. The Balaban J connectivity index is 3.71. The molecule has 0 fully saturated rings. The van der Waals surface area contributed by atoms with E-state index in [1.807, 2.05) is 66.7 Å². The van der Waals surface area contributed by atoms with Crippen LogP contribution >= 0.6 is 0 Å². The van der Waals surface area contributed by atoms with Crippen molar-refractivity contribution in [1.82, 2.24) is 15.5 Å². The first kappa shape index (κ1) is 32.9. The van der Waals surface area contributed by atoms with Crippen molar-refractivity contribution < 1.29 is 23.9 Å². The molecule has 9 nitrogen and oxygen atoms in total. The van der Waals surface area contributed by atoms with Crippen LogP contribution < -0.4 is 16.4 Å². The van der Waals surface area contributed by atoms with Crippen LogP contribution in [0.1, 0.15) is 104 Å². The van der Waals surface area contributed by atoms with Gasteiger partial charge < -0.3 is 26.0 Å². The third-order valence-electron chi connectivity index (χ3n) is 6.61. The molecular formula is C29H48N4O5. The van der Waals surface area contributed by atoms with E-state index >= 15 is 0 Å². The fourth-order valence-corrected chi connectivity index (χ4v) is 4.14. The molecule has 0 saturated carbocycles. The van der Waals surface area contributed by atoms with Crippen LogP contribution in [-0.4, -0.2) is 51.9 Å². The summed E-state index contributed by atoms with van der Waals surface area (Å²) in [5, 5.41) is 5.58. The van der Waals surface area contributed by atoms with Gasteiger partial charge in [0.25, 0.3) is 0 Å². The number of nitrogens with one attached hydrogen (secondary N) is 2. The molecule has 9 heteroatoms. The van der Waals surface area contributed by atoms with Gasteiger partial charge in [0, 0.05) is 11.6 Å². The van der Waals surface area contributed by atoms with Crippen molar-refractivity contribution in [3.8, 4) is 0 Å². The quantitative estimate of drug-likeness (QED) is 0.366. The molecule has 0 spiro atoms. The summed E-state index contributed by atoms with van der Waals surface area (Å²) in [5.74, 6) is -1.69. The SMILES string of the molecule is CCCC(C)NC(=O)C(c1ccc(C)c(C)c1)N(C(=O)C(CC(N)=O)NC(=O)OC(C)(C)C)C(C)(C)CC. The normalized spacial score (nSPS) is 14.2. The summed E-state index contributed by atoms with van der Waals surface area (Å²) >= 11 is 0. The molecule has 0 saturated heterocycles. The van der Waals surface area contributed by atoms with E-state index in [1.165, 1.54) is 4.90 Å². The van der Waals surface area contributed by atoms with Gasteiger partial charge in [-0.1, -0.05) is 38.5 Å². The highest BCUT2D eigenvalue weighted by molar-refractivity contribution is 5.95. The van der Waals surface area contributed by atoms with Gasteiger partial charge in [0.05, 0.1) is 6.42 Å². The van der Waals surface area contributed by atoms with E-state index in [4.69, 9.17) is 10.5 Å². The van der Waals surface area contributed by atoms with Crippen LogP contribution in [0.5, 0.6) is 0 Å². The number of nitrogens with two attached hydrogens (primary N) is 1. The van der Waals surface area contributed by atoms with Gasteiger partial charge in [0.1, 0.15) is 17.7 Å². The Morgan fingerprint density at radius 1 is 1.00 bits per heavy atom. The standard InChI is InChI=1S/C29H48N4O5/c1-11-13-20(5)31-25(35)24(21-15-14-18(3)19(4)16-21)33(29(9,10)12-2)26(36)22(17-23(30)34)32-27(37)38-28(6,7)8/h14-16,20,22,24H,11-13,17H2,1-10H3,(H2,30,34)(H,31,35)(H,32,37). The van der Waals surface area contributed by atoms with E-state index in [9.17, 15) is 19.2 Å². The molecule has 0 aliphatic rings. The summed E-state index contributed by atoms with van der Waals surface area (Å²) in [5.41, 5.74) is 6.51. The maximum Gasteiger partial charge on any atom is 0.408 e. The van der Waals surface area contributed by atoms with Gasteiger partial charge in [-0.25, -0.2) is 4.79 Å². The first-order chi connectivity index (χ1) is 17.4. The molecule has 4 N–H and O–H groups in total. The van der Waals surface area contributed by atoms with Gasteiger partial charge in [0.2, 0.25) is 17.7 Å². The third kappa shape index (κ3) is 9.65. The van der Waals surface area contributed by atoms with E-state index < -0.39 is 47.6 Å². The molecule has 3 unspecified atom stereocenters. The van der Waals surface area contributed by atoms with Crippen LogP contribution in [0.2, 0.25) is 0 Å². The Hall–Kier alpha value is -3.10. The molecule has 0 bridgehead atoms. The molecule has 0 radical (unpaired) electrons. The van der Waals surface area contributed by atoms with Crippen LogP contribution in [-0.2, 0) is 19.1 Å². The number of ether oxygens (including phenoxy) is 1. The second kappa shape index (κ2) is 13.6. The molecule has 0 aliphatic heterocycles. The summed E-state index contributed by atoms with van der Waals surface area (Å²) in [6, 6.07) is 3.23. The Kier molecular flexibility index (Phi) is 11.8. The van der Waals surface area contributed by atoms with E-state index in [0.29, 0.717) is 12.0 Å². The first-order valence-electron chi connectivity index (χ1n) is 13.4. The van der Waals surface area contributed by atoms with Crippen LogP contribution in [0.3, 0.4) is 0 Å². The van der Waals surface area contributed by atoms with Gasteiger partial charge in [0.15, 0.2) is 0 Å². The monoisotopic (exact) mass is 532 g/mol. The second-order valence-corrected chi connectivity index (χ2v) is 11.7. The Labute approximate surface area is 228 Å². The summed E-state index contributed by atoms with van der Waals surface area (Å²) in [6.07, 6.45) is 0.880. The molecule has 3 atom stereocenters. The zero-order chi connectivity index (χ0) is 29.4. The summed E-state index contributed by atoms with van der Waals surface area (Å²) in [4.78, 5) is 54.2. The predicted octanol–water partition coefficient (Wildman–Crippen LogP) is 4.44. The van der Waals surface area contributed by atoms with Crippen molar-refractivity contribution in [1.29, 1.82) is 0 Å². The average Bonchev–Trinajstić information content (AvgIpc) is 2.76. The number of hydrogen-bond acceptors (Lipinski definition) is 5. The number of rotatable bonds is 12. The number of carbonyl (C=O) groups is 4. The molecule has 0 aromatic heterocycles. The summed E-state index contributed by atoms with van der Waals surface area (Å²) < 4.78 is 5.34. The fourth-order valence-electron chi connectivity index (χ4n) is 4.14. The lowest BCUT2D eigenvalue weighted by Gasteiger charge is -2.44. The maximum atomic E-state index is 14.2. The fraction of sp³-hybridized carbons (Fsp3) is 0.655. The highest BCUT2D eigenvalue weighted by Gasteiger charge is 2.43. The lowest BCUT2D eigenvalue weighted by atomic mass is 9.90. The first-order valence-corrected chi connectivity index (χ1v) is 13.4. The highest BCUT2D eigenvalue weighted by atomic mass is 16.6. The number of hydrogen-bond donors (Lipinski definition) is 3. The molecule has 38 heavy (non-hydrogen) atoms. The largest absolute Gasteiger partial charge is 0.444 e. The molecule has 0 heterocycles.